The molecule has 0 aromatic heterocycles. The lowest BCUT2D eigenvalue weighted by atomic mass is 9.95. The number of hydrogen-bond donors (Lipinski definition) is 1. The summed E-state index contributed by atoms with van der Waals surface area (Å²) >= 11 is 0. The third kappa shape index (κ3) is 2.75. The van der Waals surface area contributed by atoms with Crippen molar-refractivity contribution < 1.29 is 9.59 Å². The molecule has 0 spiro atoms. The van der Waals surface area contributed by atoms with Crippen molar-refractivity contribution in [2.45, 2.75) is 70.9 Å². The minimum atomic E-state index is -0.780. The summed E-state index contributed by atoms with van der Waals surface area (Å²) in [5.41, 5.74) is 2.30. The van der Waals surface area contributed by atoms with Crippen LogP contribution in [0.1, 0.15) is 56.6 Å². The Morgan fingerprint density at radius 3 is 2.65 bits per heavy atom. The highest BCUT2D eigenvalue weighted by atomic mass is 16.2. The van der Waals surface area contributed by atoms with E-state index in [1.807, 2.05) is 39.0 Å². The van der Waals surface area contributed by atoms with Crippen molar-refractivity contribution in [1.82, 2.24) is 5.32 Å². The first-order chi connectivity index (χ1) is 10.9. The lowest BCUT2D eigenvalue weighted by molar-refractivity contribution is -0.127. The molecular weight excluding hydrogens is 288 g/mol. The monoisotopic (exact) mass is 314 g/mol. The van der Waals surface area contributed by atoms with Crippen LogP contribution in [0.4, 0.5) is 5.69 Å². The van der Waals surface area contributed by atoms with E-state index in [0.29, 0.717) is 12.8 Å². The van der Waals surface area contributed by atoms with Crippen LogP contribution in [0.25, 0.3) is 0 Å². The van der Waals surface area contributed by atoms with Crippen LogP contribution in [0.5, 0.6) is 0 Å². The summed E-state index contributed by atoms with van der Waals surface area (Å²) in [4.78, 5) is 27.2. The highest BCUT2D eigenvalue weighted by Gasteiger charge is 2.49. The minimum absolute atomic E-state index is 0.00356. The summed E-state index contributed by atoms with van der Waals surface area (Å²) in [6.07, 6.45) is 5.49. The van der Waals surface area contributed by atoms with Gasteiger partial charge >= 0.3 is 0 Å². The average molecular weight is 314 g/mol. The summed E-state index contributed by atoms with van der Waals surface area (Å²) in [7, 11) is 0. The maximum Gasteiger partial charge on any atom is 0.246 e. The molecule has 1 saturated carbocycles. The van der Waals surface area contributed by atoms with E-state index in [1.54, 1.807) is 4.90 Å². The van der Waals surface area contributed by atoms with Gasteiger partial charge in [0.15, 0.2) is 0 Å². The molecule has 1 heterocycles. The Bertz CT molecular complexity index is 634. The molecule has 2 amide bonds. The lowest BCUT2D eigenvalue weighted by Gasteiger charge is -2.36. The van der Waals surface area contributed by atoms with Crippen LogP contribution in [0.2, 0.25) is 0 Å². The number of rotatable bonds is 3. The molecule has 124 valence electrons. The number of carbonyl (C=O) groups is 2. The van der Waals surface area contributed by atoms with Crippen molar-refractivity contribution >= 4 is 17.5 Å². The van der Waals surface area contributed by atoms with Gasteiger partial charge in [-0.2, -0.15) is 0 Å². The average Bonchev–Trinajstić information content (AvgIpc) is 3.12. The third-order valence-corrected chi connectivity index (χ3v) is 5.57. The topological polar surface area (TPSA) is 49.4 Å². The van der Waals surface area contributed by atoms with Gasteiger partial charge < -0.3 is 5.32 Å². The Balaban J connectivity index is 1.91. The maximum atomic E-state index is 12.9. The molecule has 2 aliphatic rings. The maximum absolute atomic E-state index is 12.9. The Hall–Kier alpha value is -1.84. The molecule has 1 aliphatic heterocycles. The van der Waals surface area contributed by atoms with Crippen LogP contribution in [0.3, 0.4) is 0 Å². The summed E-state index contributed by atoms with van der Waals surface area (Å²) in [6, 6.07) is 6.22. The quantitative estimate of drug-likeness (QED) is 0.931. The zero-order valence-corrected chi connectivity index (χ0v) is 14.3. The van der Waals surface area contributed by atoms with Crippen LogP contribution < -0.4 is 10.2 Å². The van der Waals surface area contributed by atoms with Crippen LogP contribution in [-0.2, 0) is 9.59 Å². The zero-order valence-electron chi connectivity index (χ0n) is 14.3. The normalized spacial score (nSPS) is 25.2. The first-order valence-electron chi connectivity index (χ1n) is 8.64. The molecule has 1 aromatic carbocycles. The summed E-state index contributed by atoms with van der Waals surface area (Å²) in [6.45, 7) is 5.96. The second-order valence-corrected chi connectivity index (χ2v) is 7.18. The smallest absolute Gasteiger partial charge is 0.246 e. The molecule has 3 rings (SSSR count). The van der Waals surface area contributed by atoms with E-state index >= 15 is 0 Å². The molecule has 2 fully saturated rings. The summed E-state index contributed by atoms with van der Waals surface area (Å²) in [5.74, 6) is 0.0407. The fourth-order valence-corrected chi connectivity index (χ4v) is 3.85. The third-order valence-electron chi connectivity index (χ3n) is 5.57. The number of nitrogens with zero attached hydrogens (tertiary/aromatic N) is 1. The first kappa shape index (κ1) is 16.0. The van der Waals surface area contributed by atoms with Gasteiger partial charge in [0.05, 0.1) is 0 Å². The number of benzene rings is 1. The molecule has 0 radical (unpaired) electrons. The van der Waals surface area contributed by atoms with Crippen molar-refractivity contribution in [1.29, 1.82) is 0 Å². The zero-order chi connectivity index (χ0) is 16.6. The minimum Gasteiger partial charge on any atom is -0.351 e. The number of nitrogens with one attached hydrogen (secondary N) is 1. The second-order valence-electron chi connectivity index (χ2n) is 7.18. The standard InChI is InChI=1S/C19H26N2O2/c1-13-7-6-10-16(14(13)2)21-17(22)11-12-19(21,3)18(23)20-15-8-4-5-9-15/h6-7,10,15H,4-5,8-9,11-12H2,1-3H3,(H,20,23)/t19-/m0/s1. The fourth-order valence-electron chi connectivity index (χ4n) is 3.85. The summed E-state index contributed by atoms with van der Waals surface area (Å²) < 4.78 is 0. The van der Waals surface area contributed by atoms with Gasteiger partial charge in [0, 0.05) is 18.2 Å². The number of amides is 2. The molecule has 0 unspecified atom stereocenters. The largest absolute Gasteiger partial charge is 0.351 e. The van der Waals surface area contributed by atoms with Gasteiger partial charge in [0.1, 0.15) is 5.54 Å². The lowest BCUT2D eigenvalue weighted by Crippen LogP contribution is -2.56. The molecule has 1 aliphatic carbocycles. The van der Waals surface area contributed by atoms with Crippen molar-refractivity contribution in [3.63, 3.8) is 0 Å². The molecule has 0 bridgehead atoms. The molecular formula is C19H26N2O2. The molecule has 1 atom stereocenters. The number of anilines is 1. The SMILES string of the molecule is Cc1cccc(N2C(=O)CC[C@@]2(C)C(=O)NC2CCCC2)c1C. The van der Waals surface area contributed by atoms with Gasteiger partial charge in [-0.3, -0.25) is 14.5 Å². The van der Waals surface area contributed by atoms with Crippen molar-refractivity contribution in [3.8, 4) is 0 Å². The summed E-state index contributed by atoms with van der Waals surface area (Å²) in [5, 5.41) is 3.18. The molecule has 4 heteroatoms. The van der Waals surface area contributed by atoms with Gasteiger partial charge in [0.25, 0.3) is 0 Å². The fraction of sp³-hybridized carbons (Fsp3) is 0.579. The van der Waals surface area contributed by atoms with Crippen molar-refractivity contribution in [2.24, 2.45) is 0 Å². The van der Waals surface area contributed by atoms with E-state index in [4.69, 9.17) is 0 Å². The first-order valence-corrected chi connectivity index (χ1v) is 8.64. The Labute approximate surface area is 138 Å². The van der Waals surface area contributed by atoms with Gasteiger partial charge in [-0.15, -0.1) is 0 Å². The molecule has 1 aromatic rings. The van der Waals surface area contributed by atoms with Crippen molar-refractivity contribution in [2.75, 3.05) is 4.90 Å². The number of hydrogen-bond acceptors (Lipinski definition) is 2. The van der Waals surface area contributed by atoms with E-state index in [9.17, 15) is 9.59 Å². The van der Waals surface area contributed by atoms with Gasteiger partial charge in [0.2, 0.25) is 11.8 Å². The van der Waals surface area contributed by atoms with Crippen molar-refractivity contribution in [3.05, 3.63) is 29.3 Å². The van der Waals surface area contributed by atoms with Crippen LogP contribution in [0, 0.1) is 13.8 Å². The van der Waals surface area contributed by atoms with E-state index < -0.39 is 5.54 Å². The van der Waals surface area contributed by atoms with Crippen LogP contribution >= 0.6 is 0 Å². The number of carbonyl (C=O) groups excluding carboxylic acids is 2. The molecule has 23 heavy (non-hydrogen) atoms. The van der Waals surface area contributed by atoms with Gasteiger partial charge in [-0.05, 0) is 57.2 Å². The Morgan fingerprint density at radius 2 is 1.96 bits per heavy atom. The van der Waals surface area contributed by atoms with E-state index in [2.05, 4.69) is 5.32 Å². The highest BCUT2D eigenvalue weighted by molar-refractivity contribution is 6.07. The highest BCUT2D eigenvalue weighted by Crippen LogP contribution is 2.38. The van der Waals surface area contributed by atoms with Crippen LogP contribution in [0.15, 0.2) is 18.2 Å². The van der Waals surface area contributed by atoms with E-state index in [0.717, 1.165) is 29.7 Å². The molecule has 4 nitrogen and oxygen atoms in total. The Morgan fingerprint density at radius 1 is 1.26 bits per heavy atom. The molecule has 1 N–H and O–H groups in total. The molecule has 1 saturated heterocycles. The van der Waals surface area contributed by atoms with E-state index in [1.165, 1.54) is 12.8 Å². The predicted octanol–water partition coefficient (Wildman–Crippen LogP) is 3.25. The number of aryl methyl sites for hydroxylation is 1. The predicted molar refractivity (Wildman–Crippen MR) is 91.4 cm³/mol. The van der Waals surface area contributed by atoms with E-state index in [-0.39, 0.29) is 17.9 Å². The van der Waals surface area contributed by atoms with Gasteiger partial charge in [-0.1, -0.05) is 25.0 Å². The van der Waals surface area contributed by atoms with Gasteiger partial charge in [-0.25, -0.2) is 0 Å². The Kier molecular flexibility index (Phi) is 4.17. The second kappa shape index (κ2) is 5.99. The van der Waals surface area contributed by atoms with Crippen LogP contribution in [-0.4, -0.2) is 23.4 Å².